The minimum atomic E-state index is -0.0611. The zero-order chi connectivity index (χ0) is 17.4. The van der Waals surface area contributed by atoms with Crippen molar-refractivity contribution in [3.05, 3.63) is 66.4 Å². The predicted octanol–water partition coefficient (Wildman–Crippen LogP) is 2.45. The molecule has 0 aromatic carbocycles. The molecule has 4 heterocycles. The highest BCUT2D eigenvalue weighted by atomic mass is 15.3. The van der Waals surface area contributed by atoms with Gasteiger partial charge in [0.05, 0.1) is 5.56 Å². The molecule has 4 aromatic rings. The highest BCUT2D eigenvalue weighted by molar-refractivity contribution is 6.06. The lowest BCUT2D eigenvalue weighted by Gasteiger charge is -2.11. The van der Waals surface area contributed by atoms with Gasteiger partial charge in [-0.2, -0.15) is 0 Å². The van der Waals surface area contributed by atoms with Gasteiger partial charge in [-0.15, -0.1) is 5.10 Å². The van der Waals surface area contributed by atoms with Crippen LogP contribution < -0.4 is 5.73 Å². The Labute approximate surface area is 143 Å². The molecular formula is C18H15N7. The number of nitrogens with one attached hydrogen (secondary N) is 1. The molecule has 0 aliphatic rings. The summed E-state index contributed by atoms with van der Waals surface area (Å²) in [5.41, 5.74) is 10.4. The van der Waals surface area contributed by atoms with Gasteiger partial charge in [-0.1, -0.05) is 6.07 Å². The number of hydrogen-bond acceptors (Lipinski definition) is 5. The van der Waals surface area contributed by atoms with E-state index >= 15 is 0 Å². The summed E-state index contributed by atoms with van der Waals surface area (Å²) in [6, 6.07) is 9.46. The van der Waals surface area contributed by atoms with Crippen LogP contribution in [0.5, 0.6) is 0 Å². The summed E-state index contributed by atoms with van der Waals surface area (Å²) in [6.45, 7) is 1.94. The largest absolute Gasteiger partial charge is 0.384 e. The molecule has 7 nitrogen and oxygen atoms in total. The molecule has 0 aliphatic carbocycles. The van der Waals surface area contributed by atoms with Gasteiger partial charge in [-0.3, -0.25) is 15.4 Å². The van der Waals surface area contributed by atoms with Crippen molar-refractivity contribution >= 4 is 11.5 Å². The Kier molecular flexibility index (Phi) is 3.46. The molecule has 25 heavy (non-hydrogen) atoms. The highest BCUT2D eigenvalue weighted by Gasteiger charge is 2.19. The predicted molar refractivity (Wildman–Crippen MR) is 95.2 cm³/mol. The zero-order valence-electron chi connectivity index (χ0n) is 13.5. The lowest BCUT2D eigenvalue weighted by atomic mass is 10.0. The average Bonchev–Trinajstić information content (AvgIpc) is 3.08. The Morgan fingerprint density at radius 1 is 1.08 bits per heavy atom. The summed E-state index contributed by atoms with van der Waals surface area (Å²) in [5.74, 6) is 0.482. The van der Waals surface area contributed by atoms with E-state index in [0.717, 1.165) is 22.4 Å². The first kappa shape index (κ1) is 14.9. The minimum absolute atomic E-state index is 0.0611. The number of aryl methyl sites for hydroxylation is 1. The fourth-order valence-electron chi connectivity index (χ4n) is 2.82. The summed E-state index contributed by atoms with van der Waals surface area (Å²) in [5, 5.41) is 12.6. The molecule has 4 aromatic heterocycles. The quantitative estimate of drug-likeness (QED) is 0.443. The molecule has 0 amide bonds. The third-order valence-electron chi connectivity index (χ3n) is 3.95. The Balaban J connectivity index is 2.03. The number of rotatable bonds is 3. The first-order valence-corrected chi connectivity index (χ1v) is 7.70. The van der Waals surface area contributed by atoms with Gasteiger partial charge in [0.15, 0.2) is 11.5 Å². The van der Waals surface area contributed by atoms with Crippen LogP contribution in [-0.2, 0) is 0 Å². The van der Waals surface area contributed by atoms with E-state index in [0.29, 0.717) is 17.0 Å². The molecule has 0 saturated carbocycles. The first-order chi connectivity index (χ1) is 12.1. The number of pyridine rings is 3. The SMILES string of the molecule is Cc1cc(-c2cccnc2)c(C(=N)N)c2nc(-c3cccnc3)nn12. The van der Waals surface area contributed by atoms with Crippen LogP contribution in [0.2, 0.25) is 0 Å². The molecule has 7 heteroatoms. The molecule has 0 fully saturated rings. The van der Waals surface area contributed by atoms with E-state index in [1.165, 1.54) is 0 Å². The Morgan fingerprint density at radius 2 is 1.76 bits per heavy atom. The Hall–Kier alpha value is -3.61. The maximum absolute atomic E-state index is 8.06. The number of nitrogen functional groups attached to an aromatic ring is 1. The Bertz CT molecular complexity index is 1070. The second kappa shape index (κ2) is 5.79. The molecule has 0 spiro atoms. The van der Waals surface area contributed by atoms with Crippen molar-refractivity contribution in [2.45, 2.75) is 6.92 Å². The maximum atomic E-state index is 8.06. The fraction of sp³-hybridized carbons (Fsp3) is 0.0556. The molecule has 122 valence electrons. The zero-order valence-corrected chi connectivity index (χ0v) is 13.5. The molecule has 0 saturated heterocycles. The number of aromatic nitrogens is 5. The van der Waals surface area contributed by atoms with Gasteiger partial charge in [0.25, 0.3) is 0 Å². The van der Waals surface area contributed by atoms with Gasteiger partial charge in [0.2, 0.25) is 0 Å². The van der Waals surface area contributed by atoms with Gasteiger partial charge in [0, 0.05) is 41.6 Å². The molecule has 0 atom stereocenters. The number of nitrogens with two attached hydrogens (primary N) is 1. The van der Waals surface area contributed by atoms with Crippen LogP contribution in [0.4, 0.5) is 0 Å². The van der Waals surface area contributed by atoms with Gasteiger partial charge in [-0.25, -0.2) is 9.50 Å². The lowest BCUT2D eigenvalue weighted by Crippen LogP contribution is -2.15. The smallest absolute Gasteiger partial charge is 0.183 e. The van der Waals surface area contributed by atoms with Crippen LogP contribution in [0.15, 0.2) is 55.1 Å². The van der Waals surface area contributed by atoms with Crippen LogP contribution in [0, 0.1) is 12.3 Å². The summed E-state index contributed by atoms with van der Waals surface area (Å²) in [7, 11) is 0. The monoisotopic (exact) mass is 329 g/mol. The van der Waals surface area contributed by atoms with E-state index in [2.05, 4.69) is 20.1 Å². The normalized spacial score (nSPS) is 10.9. The molecule has 0 bridgehead atoms. The van der Waals surface area contributed by atoms with E-state index in [1.807, 2.05) is 37.3 Å². The van der Waals surface area contributed by atoms with Gasteiger partial charge in [-0.05, 0) is 36.8 Å². The van der Waals surface area contributed by atoms with Crippen molar-refractivity contribution in [3.63, 3.8) is 0 Å². The van der Waals surface area contributed by atoms with Crippen molar-refractivity contribution in [1.82, 2.24) is 24.6 Å². The molecule has 0 unspecified atom stereocenters. The Morgan fingerprint density at radius 3 is 2.36 bits per heavy atom. The maximum Gasteiger partial charge on any atom is 0.183 e. The average molecular weight is 329 g/mol. The summed E-state index contributed by atoms with van der Waals surface area (Å²) in [6.07, 6.45) is 6.86. The summed E-state index contributed by atoms with van der Waals surface area (Å²) < 4.78 is 1.71. The number of fused-ring (bicyclic) bond motifs is 1. The van der Waals surface area contributed by atoms with Crippen molar-refractivity contribution < 1.29 is 0 Å². The van der Waals surface area contributed by atoms with Crippen molar-refractivity contribution in [2.24, 2.45) is 5.73 Å². The van der Waals surface area contributed by atoms with Crippen molar-refractivity contribution in [3.8, 4) is 22.5 Å². The number of hydrogen-bond donors (Lipinski definition) is 2. The van der Waals surface area contributed by atoms with E-state index in [1.54, 1.807) is 29.3 Å². The highest BCUT2D eigenvalue weighted by Crippen LogP contribution is 2.28. The van der Waals surface area contributed by atoms with E-state index in [4.69, 9.17) is 11.1 Å². The summed E-state index contributed by atoms with van der Waals surface area (Å²) >= 11 is 0. The van der Waals surface area contributed by atoms with E-state index < -0.39 is 0 Å². The van der Waals surface area contributed by atoms with Crippen molar-refractivity contribution in [2.75, 3.05) is 0 Å². The molecular weight excluding hydrogens is 314 g/mol. The van der Waals surface area contributed by atoms with Crippen LogP contribution >= 0.6 is 0 Å². The number of nitrogens with zero attached hydrogens (tertiary/aromatic N) is 5. The molecule has 0 aliphatic heterocycles. The standard InChI is InChI=1S/C18H15N7/c1-11-8-14(12-4-2-6-21-9-12)15(16(19)20)18-23-17(24-25(11)18)13-5-3-7-22-10-13/h2-10H,1H3,(H3,19,20). The van der Waals surface area contributed by atoms with Gasteiger partial charge in [0.1, 0.15) is 5.84 Å². The van der Waals surface area contributed by atoms with Crippen LogP contribution in [0.3, 0.4) is 0 Å². The fourth-order valence-corrected chi connectivity index (χ4v) is 2.82. The van der Waals surface area contributed by atoms with Crippen LogP contribution in [0.1, 0.15) is 11.3 Å². The second-order valence-corrected chi connectivity index (χ2v) is 5.64. The van der Waals surface area contributed by atoms with Crippen LogP contribution in [0.25, 0.3) is 28.2 Å². The number of amidine groups is 1. The first-order valence-electron chi connectivity index (χ1n) is 7.70. The lowest BCUT2D eigenvalue weighted by molar-refractivity contribution is 0.917. The van der Waals surface area contributed by atoms with Gasteiger partial charge < -0.3 is 5.73 Å². The minimum Gasteiger partial charge on any atom is -0.384 e. The third-order valence-corrected chi connectivity index (χ3v) is 3.95. The second-order valence-electron chi connectivity index (χ2n) is 5.64. The topological polar surface area (TPSA) is 106 Å². The molecule has 3 N–H and O–H groups in total. The third kappa shape index (κ3) is 2.51. The van der Waals surface area contributed by atoms with Crippen molar-refractivity contribution in [1.29, 1.82) is 5.41 Å². The van der Waals surface area contributed by atoms with E-state index in [-0.39, 0.29) is 5.84 Å². The summed E-state index contributed by atoms with van der Waals surface area (Å²) in [4.78, 5) is 12.9. The molecule has 0 radical (unpaired) electrons. The van der Waals surface area contributed by atoms with Gasteiger partial charge >= 0.3 is 0 Å². The van der Waals surface area contributed by atoms with Crippen LogP contribution in [-0.4, -0.2) is 30.4 Å². The molecule has 4 rings (SSSR count). The van der Waals surface area contributed by atoms with E-state index in [9.17, 15) is 0 Å².